The van der Waals surface area contributed by atoms with Gasteiger partial charge in [0.25, 0.3) is 0 Å². The minimum atomic E-state index is -3.56. The van der Waals surface area contributed by atoms with Crippen LogP contribution in [0, 0.1) is 0 Å². The van der Waals surface area contributed by atoms with Gasteiger partial charge in [-0.1, -0.05) is 11.6 Å². The molecule has 20 heavy (non-hydrogen) atoms. The van der Waals surface area contributed by atoms with E-state index >= 15 is 0 Å². The topological polar surface area (TPSA) is 61.9 Å². The van der Waals surface area contributed by atoms with E-state index in [1.807, 2.05) is 6.07 Å². The Morgan fingerprint density at radius 2 is 1.95 bits per heavy atom. The third-order valence-electron chi connectivity index (χ3n) is 3.03. The second-order valence-electron chi connectivity index (χ2n) is 4.65. The van der Waals surface area contributed by atoms with Crippen molar-refractivity contribution in [1.29, 1.82) is 0 Å². The first-order chi connectivity index (χ1) is 9.40. The highest BCUT2D eigenvalue weighted by atomic mass is 35.5. The van der Waals surface area contributed by atoms with Gasteiger partial charge in [-0.15, -0.1) is 0 Å². The molecule has 1 aliphatic rings. The Morgan fingerprint density at radius 1 is 1.30 bits per heavy atom. The Balaban J connectivity index is 2.33. The van der Waals surface area contributed by atoms with Gasteiger partial charge in [0.2, 0.25) is 0 Å². The van der Waals surface area contributed by atoms with Crippen molar-refractivity contribution in [2.75, 3.05) is 50.0 Å². The molecule has 1 aliphatic heterocycles. The molecule has 0 aliphatic carbocycles. The number of ether oxygens (including phenoxy) is 1. The molecular weight excluding hydrogens is 302 g/mol. The van der Waals surface area contributed by atoms with Gasteiger partial charge < -0.3 is 9.64 Å². The fraction of sp³-hybridized carbons (Fsp3) is 0.500. The number of hydrogen-bond donors (Lipinski definition) is 1. The van der Waals surface area contributed by atoms with Gasteiger partial charge >= 0.3 is 10.2 Å². The summed E-state index contributed by atoms with van der Waals surface area (Å²) in [5.74, 6) is 0. The van der Waals surface area contributed by atoms with Crippen molar-refractivity contribution >= 4 is 33.2 Å². The van der Waals surface area contributed by atoms with Crippen molar-refractivity contribution < 1.29 is 13.2 Å². The van der Waals surface area contributed by atoms with Crippen molar-refractivity contribution in [1.82, 2.24) is 4.31 Å². The minimum absolute atomic E-state index is 0.480. The summed E-state index contributed by atoms with van der Waals surface area (Å²) >= 11 is 5.97. The highest BCUT2D eigenvalue weighted by Gasteiger charge is 2.20. The van der Waals surface area contributed by atoms with Gasteiger partial charge in [-0.05, 0) is 18.2 Å². The summed E-state index contributed by atoms with van der Waals surface area (Å²) in [5.41, 5.74) is 1.29. The molecule has 0 unspecified atom stereocenters. The van der Waals surface area contributed by atoms with E-state index in [0.717, 1.165) is 23.1 Å². The van der Waals surface area contributed by atoms with Crippen LogP contribution in [-0.2, 0) is 14.9 Å². The minimum Gasteiger partial charge on any atom is -0.378 e. The lowest BCUT2D eigenvalue weighted by Gasteiger charge is -2.31. The number of rotatable bonds is 4. The van der Waals surface area contributed by atoms with E-state index in [9.17, 15) is 8.42 Å². The molecular formula is C12H18ClN3O3S. The lowest BCUT2D eigenvalue weighted by molar-refractivity contribution is 0.123. The second kappa shape index (κ2) is 6.17. The van der Waals surface area contributed by atoms with Gasteiger partial charge in [-0.2, -0.15) is 12.7 Å². The van der Waals surface area contributed by atoms with Gasteiger partial charge in [0.1, 0.15) is 0 Å². The molecule has 6 nitrogen and oxygen atoms in total. The first kappa shape index (κ1) is 15.4. The number of anilines is 2. The van der Waals surface area contributed by atoms with Crippen LogP contribution in [-0.4, -0.2) is 53.1 Å². The number of benzene rings is 1. The van der Waals surface area contributed by atoms with Crippen LogP contribution in [0.1, 0.15) is 0 Å². The third-order valence-corrected chi connectivity index (χ3v) is 4.70. The summed E-state index contributed by atoms with van der Waals surface area (Å²) in [6.45, 7) is 2.70. The van der Waals surface area contributed by atoms with Crippen LogP contribution in [0.4, 0.5) is 11.4 Å². The predicted octanol–water partition coefficient (Wildman–Crippen LogP) is 1.39. The van der Waals surface area contributed by atoms with Crippen LogP contribution < -0.4 is 9.62 Å². The number of hydrogen-bond acceptors (Lipinski definition) is 4. The number of nitrogens with zero attached hydrogens (tertiary/aromatic N) is 2. The first-order valence-corrected chi connectivity index (χ1v) is 8.04. The monoisotopic (exact) mass is 319 g/mol. The van der Waals surface area contributed by atoms with E-state index in [4.69, 9.17) is 16.3 Å². The van der Waals surface area contributed by atoms with Crippen molar-refractivity contribution in [2.24, 2.45) is 0 Å². The van der Waals surface area contributed by atoms with E-state index in [2.05, 4.69) is 9.62 Å². The summed E-state index contributed by atoms with van der Waals surface area (Å²) in [7, 11) is -0.615. The Bertz CT molecular complexity index is 571. The molecule has 1 fully saturated rings. The SMILES string of the molecule is CN(C)S(=O)(=O)Nc1cc(Cl)ccc1N1CCOCC1. The Labute approximate surface area is 124 Å². The summed E-state index contributed by atoms with van der Waals surface area (Å²) in [6.07, 6.45) is 0. The van der Waals surface area contributed by atoms with Gasteiger partial charge in [-0.3, -0.25) is 4.72 Å². The lowest BCUT2D eigenvalue weighted by Crippen LogP contribution is -2.37. The van der Waals surface area contributed by atoms with Gasteiger partial charge in [0.15, 0.2) is 0 Å². The standard InChI is InChI=1S/C12H18ClN3O3S/c1-15(2)20(17,18)14-11-9-10(13)3-4-12(11)16-5-7-19-8-6-16/h3-4,9,14H,5-8H2,1-2H3. The second-order valence-corrected chi connectivity index (χ2v) is 6.97. The molecule has 0 bridgehead atoms. The van der Waals surface area contributed by atoms with E-state index in [-0.39, 0.29) is 0 Å². The molecule has 1 heterocycles. The van der Waals surface area contributed by atoms with Crippen LogP contribution in [0.2, 0.25) is 5.02 Å². The maximum absolute atomic E-state index is 12.0. The quantitative estimate of drug-likeness (QED) is 0.911. The van der Waals surface area contributed by atoms with E-state index in [1.165, 1.54) is 14.1 Å². The van der Waals surface area contributed by atoms with Crippen molar-refractivity contribution in [3.63, 3.8) is 0 Å². The van der Waals surface area contributed by atoms with Crippen LogP contribution >= 0.6 is 11.6 Å². The normalized spacial score (nSPS) is 16.5. The van der Waals surface area contributed by atoms with E-state index in [1.54, 1.807) is 12.1 Å². The van der Waals surface area contributed by atoms with Crippen LogP contribution in [0.15, 0.2) is 18.2 Å². The summed E-state index contributed by atoms with van der Waals surface area (Å²) in [4.78, 5) is 2.08. The van der Waals surface area contributed by atoms with Crippen LogP contribution in [0.5, 0.6) is 0 Å². The van der Waals surface area contributed by atoms with Crippen LogP contribution in [0.25, 0.3) is 0 Å². The molecule has 0 saturated carbocycles. The summed E-state index contributed by atoms with van der Waals surface area (Å²) in [5, 5.41) is 0.485. The summed E-state index contributed by atoms with van der Waals surface area (Å²) < 4.78 is 32.9. The molecule has 1 saturated heterocycles. The molecule has 8 heteroatoms. The number of nitrogens with one attached hydrogen (secondary N) is 1. The molecule has 2 rings (SSSR count). The molecule has 0 atom stereocenters. The van der Waals surface area contributed by atoms with Gasteiger partial charge in [-0.25, -0.2) is 0 Å². The molecule has 0 aromatic heterocycles. The average Bonchev–Trinajstić information content (AvgIpc) is 2.39. The first-order valence-electron chi connectivity index (χ1n) is 6.22. The molecule has 1 aromatic carbocycles. The molecule has 0 spiro atoms. The lowest BCUT2D eigenvalue weighted by atomic mass is 10.2. The predicted molar refractivity (Wildman–Crippen MR) is 80.7 cm³/mol. The molecule has 1 aromatic rings. The van der Waals surface area contributed by atoms with E-state index in [0.29, 0.717) is 23.9 Å². The fourth-order valence-electron chi connectivity index (χ4n) is 1.90. The maximum atomic E-state index is 12.0. The molecule has 0 radical (unpaired) electrons. The zero-order valence-corrected chi connectivity index (χ0v) is 13.0. The largest absolute Gasteiger partial charge is 0.378 e. The molecule has 1 N–H and O–H groups in total. The average molecular weight is 320 g/mol. The zero-order valence-electron chi connectivity index (χ0n) is 11.5. The van der Waals surface area contributed by atoms with E-state index < -0.39 is 10.2 Å². The van der Waals surface area contributed by atoms with Crippen molar-refractivity contribution in [2.45, 2.75) is 0 Å². The Hall–Kier alpha value is -1.02. The van der Waals surface area contributed by atoms with Crippen LogP contribution in [0.3, 0.4) is 0 Å². The number of morpholine rings is 1. The highest BCUT2D eigenvalue weighted by Crippen LogP contribution is 2.30. The fourth-order valence-corrected chi connectivity index (χ4v) is 2.70. The summed E-state index contributed by atoms with van der Waals surface area (Å²) in [6, 6.07) is 5.19. The van der Waals surface area contributed by atoms with Crippen molar-refractivity contribution in [3.8, 4) is 0 Å². The Morgan fingerprint density at radius 3 is 2.55 bits per heavy atom. The third kappa shape index (κ3) is 3.54. The van der Waals surface area contributed by atoms with Gasteiger partial charge in [0.05, 0.1) is 24.6 Å². The highest BCUT2D eigenvalue weighted by molar-refractivity contribution is 7.90. The van der Waals surface area contributed by atoms with Gasteiger partial charge in [0, 0.05) is 32.2 Å². The molecule has 0 amide bonds. The number of halogens is 1. The van der Waals surface area contributed by atoms with Crippen molar-refractivity contribution in [3.05, 3.63) is 23.2 Å². The maximum Gasteiger partial charge on any atom is 0.301 e. The smallest absolute Gasteiger partial charge is 0.301 e. The molecule has 112 valence electrons. The zero-order chi connectivity index (χ0) is 14.8. The Kier molecular flexibility index (Phi) is 4.74.